The van der Waals surface area contributed by atoms with Crippen molar-refractivity contribution in [3.05, 3.63) is 187 Å². The number of hydrogen-bond donors (Lipinski definition) is 0. The molecule has 4 bridgehead atoms. The Hall–Kier alpha value is -6.12. The van der Waals surface area contributed by atoms with Crippen LogP contribution in [0.3, 0.4) is 0 Å². The van der Waals surface area contributed by atoms with E-state index < -0.39 is 0 Å². The number of anilines is 3. The van der Waals surface area contributed by atoms with Gasteiger partial charge >= 0.3 is 0 Å². The van der Waals surface area contributed by atoms with Gasteiger partial charge in [-0.15, -0.1) is 0 Å². The summed E-state index contributed by atoms with van der Waals surface area (Å²) in [5.74, 6) is 3.69. The number of furan rings is 1. The molecule has 5 aliphatic rings. The van der Waals surface area contributed by atoms with Gasteiger partial charge in [0.15, 0.2) is 5.58 Å². The van der Waals surface area contributed by atoms with E-state index in [0.717, 1.165) is 57.1 Å². The molecule has 0 N–H and O–H groups in total. The average molecular weight is 764 g/mol. The molecule has 13 rings (SSSR count). The van der Waals surface area contributed by atoms with Gasteiger partial charge in [-0.3, -0.25) is 0 Å². The Morgan fingerprint density at radius 2 is 1.12 bits per heavy atom. The largest absolute Gasteiger partial charge is 0.454 e. The Bertz CT molecular complexity index is 2840. The van der Waals surface area contributed by atoms with E-state index in [9.17, 15) is 0 Å². The fourth-order valence-electron chi connectivity index (χ4n) is 12.4. The Morgan fingerprint density at radius 1 is 0.475 bits per heavy atom. The SMILES string of the molecule is CC1(C)c2ccccc2-c2ccc(N(c3ccc(-c4ccc(C56CC7CC(CC(C7)C5)C6)cc4)cc3-c3ccccc3)c3cccc4cc(-c5ccccc5)oc34)cc21. The van der Waals surface area contributed by atoms with Crippen LogP contribution >= 0.6 is 0 Å². The van der Waals surface area contributed by atoms with Crippen LogP contribution in [-0.2, 0) is 10.8 Å². The van der Waals surface area contributed by atoms with Gasteiger partial charge in [-0.2, -0.15) is 0 Å². The second kappa shape index (κ2) is 13.2. The predicted octanol–water partition coefficient (Wildman–Crippen LogP) is 15.7. The summed E-state index contributed by atoms with van der Waals surface area (Å²) in [6.07, 6.45) is 8.60. The van der Waals surface area contributed by atoms with Crippen LogP contribution in [0.15, 0.2) is 174 Å². The molecule has 59 heavy (non-hydrogen) atoms. The van der Waals surface area contributed by atoms with Crippen LogP contribution < -0.4 is 4.90 Å². The molecule has 7 aromatic carbocycles. The standard InChI is InChI=1S/C57H49NO/c1-56(2)50-18-10-9-17-47(50)48-26-25-46(33-51(48)56)58(53-19-11-16-44-32-54(59-55(44)53)42-14-7-4-8-15-42)52-27-22-43(31-49(52)41-12-5-3-6-13-41)40-20-23-45(24-21-40)57-34-37-28-38(35-57)30-39(29-37)36-57/h3-27,31-33,37-39H,28-30,34-36H2,1-2H3. The molecule has 0 radical (unpaired) electrons. The summed E-state index contributed by atoms with van der Waals surface area (Å²) in [5, 5.41) is 1.08. The van der Waals surface area contributed by atoms with Crippen molar-refractivity contribution in [1.29, 1.82) is 0 Å². The lowest BCUT2D eigenvalue weighted by Crippen LogP contribution is -2.48. The molecule has 1 heterocycles. The second-order valence-corrected chi connectivity index (χ2v) is 18.8. The summed E-state index contributed by atoms with van der Waals surface area (Å²) in [6.45, 7) is 4.73. The molecule has 0 aliphatic heterocycles. The maximum Gasteiger partial charge on any atom is 0.158 e. The molecule has 0 amide bonds. The minimum atomic E-state index is -0.140. The average Bonchev–Trinajstić information content (AvgIpc) is 3.81. The first kappa shape index (κ1) is 34.9. The number of nitrogens with zero attached hydrogens (tertiary/aromatic N) is 1. The van der Waals surface area contributed by atoms with Gasteiger partial charge in [0.1, 0.15) is 5.76 Å². The number of benzene rings is 7. The van der Waals surface area contributed by atoms with Gasteiger partial charge in [0.05, 0.1) is 11.4 Å². The van der Waals surface area contributed by atoms with Crippen LogP contribution in [0.1, 0.15) is 69.1 Å². The highest BCUT2D eigenvalue weighted by Gasteiger charge is 2.51. The van der Waals surface area contributed by atoms with Crippen molar-refractivity contribution in [2.45, 2.75) is 63.2 Å². The van der Waals surface area contributed by atoms with Gasteiger partial charge in [0.25, 0.3) is 0 Å². The van der Waals surface area contributed by atoms with E-state index in [0.29, 0.717) is 5.41 Å². The van der Waals surface area contributed by atoms with E-state index in [-0.39, 0.29) is 5.41 Å². The molecule has 2 nitrogen and oxygen atoms in total. The molecule has 4 fully saturated rings. The van der Waals surface area contributed by atoms with Crippen LogP contribution in [0, 0.1) is 17.8 Å². The predicted molar refractivity (Wildman–Crippen MR) is 245 cm³/mol. The third kappa shape index (κ3) is 5.60. The molecule has 0 spiro atoms. The summed E-state index contributed by atoms with van der Waals surface area (Å²) in [4.78, 5) is 2.45. The smallest absolute Gasteiger partial charge is 0.158 e. The summed E-state index contributed by atoms with van der Waals surface area (Å²) in [7, 11) is 0. The lowest BCUT2D eigenvalue weighted by atomic mass is 9.48. The van der Waals surface area contributed by atoms with E-state index in [4.69, 9.17) is 4.42 Å². The minimum Gasteiger partial charge on any atom is -0.454 e. The topological polar surface area (TPSA) is 16.4 Å². The molecule has 0 unspecified atom stereocenters. The van der Waals surface area contributed by atoms with Crippen LogP contribution in [0.5, 0.6) is 0 Å². The number of fused-ring (bicyclic) bond motifs is 4. The molecule has 0 saturated heterocycles. The first-order valence-corrected chi connectivity index (χ1v) is 21.8. The lowest BCUT2D eigenvalue weighted by Gasteiger charge is -2.57. The monoisotopic (exact) mass is 763 g/mol. The van der Waals surface area contributed by atoms with Crippen molar-refractivity contribution in [2.75, 3.05) is 4.90 Å². The molecule has 0 atom stereocenters. The fraction of sp³-hybridized carbons (Fsp3) is 0.228. The zero-order valence-electron chi connectivity index (χ0n) is 34.0. The van der Waals surface area contributed by atoms with Gasteiger partial charge in [-0.1, -0.05) is 147 Å². The van der Waals surface area contributed by atoms with Gasteiger partial charge in [0, 0.05) is 27.6 Å². The van der Waals surface area contributed by atoms with Gasteiger partial charge in [0.2, 0.25) is 0 Å². The summed E-state index contributed by atoms with van der Waals surface area (Å²) < 4.78 is 6.89. The minimum absolute atomic E-state index is 0.140. The van der Waals surface area contributed by atoms with Crippen molar-refractivity contribution in [1.82, 2.24) is 0 Å². The quantitative estimate of drug-likeness (QED) is 0.161. The number of hydrogen-bond acceptors (Lipinski definition) is 2. The molecule has 288 valence electrons. The summed E-state index contributed by atoms with van der Waals surface area (Å²) in [6, 6.07) is 63.0. The molecular formula is C57H49NO. The normalized spacial score (nSPS) is 22.0. The Labute approximate surface area is 348 Å². The first-order valence-electron chi connectivity index (χ1n) is 21.8. The second-order valence-electron chi connectivity index (χ2n) is 18.8. The zero-order chi connectivity index (χ0) is 39.3. The van der Waals surface area contributed by atoms with E-state index in [1.165, 1.54) is 83.0 Å². The maximum absolute atomic E-state index is 6.89. The first-order chi connectivity index (χ1) is 28.9. The third-order valence-corrected chi connectivity index (χ3v) is 14.8. The van der Waals surface area contributed by atoms with Crippen molar-refractivity contribution in [2.24, 2.45) is 17.8 Å². The Balaban J connectivity index is 1.03. The van der Waals surface area contributed by atoms with E-state index >= 15 is 0 Å². The Kier molecular flexibility index (Phi) is 7.80. The molecule has 1 aromatic heterocycles. The highest BCUT2D eigenvalue weighted by molar-refractivity contribution is 6.00. The molecule has 5 aliphatic carbocycles. The Morgan fingerprint density at radius 3 is 1.85 bits per heavy atom. The third-order valence-electron chi connectivity index (χ3n) is 14.8. The van der Waals surface area contributed by atoms with Crippen LogP contribution in [0.4, 0.5) is 17.1 Å². The molecular weight excluding hydrogens is 715 g/mol. The van der Waals surface area contributed by atoms with Crippen molar-refractivity contribution >= 4 is 28.0 Å². The lowest BCUT2D eigenvalue weighted by molar-refractivity contribution is -0.00518. The van der Waals surface area contributed by atoms with Crippen LogP contribution in [-0.4, -0.2) is 0 Å². The number of rotatable bonds is 7. The molecule has 2 heteroatoms. The van der Waals surface area contributed by atoms with Gasteiger partial charge < -0.3 is 9.32 Å². The zero-order valence-corrected chi connectivity index (χ0v) is 34.0. The van der Waals surface area contributed by atoms with Crippen molar-refractivity contribution in [3.63, 3.8) is 0 Å². The number of para-hydroxylation sites is 1. The van der Waals surface area contributed by atoms with Crippen LogP contribution in [0.2, 0.25) is 0 Å². The molecule has 8 aromatic rings. The van der Waals surface area contributed by atoms with Gasteiger partial charge in [-0.25, -0.2) is 0 Å². The van der Waals surface area contributed by atoms with Crippen molar-refractivity contribution in [3.8, 4) is 44.7 Å². The van der Waals surface area contributed by atoms with E-state index in [2.05, 4.69) is 189 Å². The summed E-state index contributed by atoms with van der Waals surface area (Å²) in [5.41, 5.74) is 17.3. The summed E-state index contributed by atoms with van der Waals surface area (Å²) >= 11 is 0. The van der Waals surface area contributed by atoms with Gasteiger partial charge in [-0.05, 0) is 143 Å². The highest BCUT2D eigenvalue weighted by Crippen LogP contribution is 2.61. The van der Waals surface area contributed by atoms with Crippen LogP contribution in [0.25, 0.3) is 55.7 Å². The maximum atomic E-state index is 6.89. The van der Waals surface area contributed by atoms with E-state index in [1.807, 2.05) is 0 Å². The fourth-order valence-corrected chi connectivity index (χ4v) is 12.4. The van der Waals surface area contributed by atoms with E-state index in [1.54, 1.807) is 5.56 Å². The highest BCUT2D eigenvalue weighted by atomic mass is 16.3. The molecule has 4 saturated carbocycles. The van der Waals surface area contributed by atoms with Crippen molar-refractivity contribution < 1.29 is 4.42 Å².